The van der Waals surface area contributed by atoms with Crippen LogP contribution in [0.15, 0.2) is 18.2 Å². The molecule has 4 nitrogen and oxygen atoms in total. The van der Waals surface area contributed by atoms with Crippen LogP contribution in [-0.2, 0) is 4.79 Å². The number of rotatable bonds is 2. The lowest BCUT2D eigenvalue weighted by Gasteiger charge is -2.40. The molecule has 1 aliphatic rings. The summed E-state index contributed by atoms with van der Waals surface area (Å²) in [5.74, 6) is -0.490. The van der Waals surface area contributed by atoms with Crippen LogP contribution in [-0.4, -0.2) is 42.3 Å². The van der Waals surface area contributed by atoms with Crippen molar-refractivity contribution in [2.45, 2.75) is 26.8 Å². The standard InChI is InChI=1S/C15H19FN2O2/c1-10-9-17(6-7-18(10)12(3)20)15-5-4-13(11(2)19)8-14(15)16/h4-5,8,10H,6-7,9H2,1-3H3. The molecule has 2 rings (SSSR count). The molecule has 1 atom stereocenters. The summed E-state index contributed by atoms with van der Waals surface area (Å²) in [5, 5.41) is 0. The molecule has 108 valence electrons. The molecule has 1 aromatic carbocycles. The number of ketones is 1. The maximum Gasteiger partial charge on any atom is 0.219 e. The predicted molar refractivity (Wildman–Crippen MR) is 75.5 cm³/mol. The predicted octanol–water partition coefficient (Wildman–Crippen LogP) is 2.09. The summed E-state index contributed by atoms with van der Waals surface area (Å²) >= 11 is 0. The molecule has 1 amide bonds. The molecule has 1 fully saturated rings. The van der Waals surface area contributed by atoms with E-state index in [1.54, 1.807) is 24.0 Å². The molecule has 0 N–H and O–H groups in total. The van der Waals surface area contributed by atoms with Crippen LogP contribution in [0.1, 0.15) is 31.1 Å². The van der Waals surface area contributed by atoms with Gasteiger partial charge in [0.15, 0.2) is 5.78 Å². The summed E-state index contributed by atoms with van der Waals surface area (Å²) in [6, 6.07) is 4.61. The Bertz CT molecular complexity index is 545. The zero-order chi connectivity index (χ0) is 14.9. The second-order valence-electron chi connectivity index (χ2n) is 5.23. The van der Waals surface area contributed by atoms with Crippen molar-refractivity contribution < 1.29 is 14.0 Å². The summed E-state index contributed by atoms with van der Waals surface area (Å²) in [4.78, 5) is 26.4. The summed E-state index contributed by atoms with van der Waals surface area (Å²) in [6.07, 6.45) is 0. The quantitative estimate of drug-likeness (QED) is 0.778. The molecule has 1 aromatic rings. The Hall–Kier alpha value is -1.91. The van der Waals surface area contributed by atoms with Crippen LogP contribution in [0.2, 0.25) is 0 Å². The van der Waals surface area contributed by atoms with E-state index in [9.17, 15) is 14.0 Å². The maximum absolute atomic E-state index is 14.1. The molecule has 0 bridgehead atoms. The minimum atomic E-state index is -0.388. The first kappa shape index (κ1) is 14.5. The monoisotopic (exact) mass is 278 g/mol. The van der Waals surface area contributed by atoms with Gasteiger partial charge in [0.1, 0.15) is 5.82 Å². The van der Waals surface area contributed by atoms with Gasteiger partial charge in [0.2, 0.25) is 5.91 Å². The Morgan fingerprint density at radius 3 is 2.45 bits per heavy atom. The van der Waals surface area contributed by atoms with E-state index in [0.717, 1.165) is 0 Å². The average Bonchev–Trinajstić information content (AvgIpc) is 2.37. The number of hydrogen-bond donors (Lipinski definition) is 0. The molecule has 0 aromatic heterocycles. The highest BCUT2D eigenvalue weighted by atomic mass is 19.1. The van der Waals surface area contributed by atoms with E-state index in [-0.39, 0.29) is 23.5 Å². The molecule has 0 spiro atoms. The molecule has 1 saturated heterocycles. The zero-order valence-corrected chi connectivity index (χ0v) is 12.0. The van der Waals surface area contributed by atoms with Gasteiger partial charge < -0.3 is 9.80 Å². The van der Waals surface area contributed by atoms with Gasteiger partial charge in [-0.1, -0.05) is 0 Å². The van der Waals surface area contributed by atoms with Gasteiger partial charge in [0.25, 0.3) is 0 Å². The molecular weight excluding hydrogens is 259 g/mol. The molecule has 0 radical (unpaired) electrons. The molecule has 5 heteroatoms. The number of amides is 1. The van der Waals surface area contributed by atoms with Crippen molar-refractivity contribution in [3.63, 3.8) is 0 Å². The smallest absolute Gasteiger partial charge is 0.219 e. The number of Topliss-reactive ketones (excluding diaryl/α,β-unsaturated/α-hetero) is 1. The first-order valence-electron chi connectivity index (χ1n) is 6.72. The molecule has 1 aliphatic heterocycles. The summed E-state index contributed by atoms with van der Waals surface area (Å²) in [6.45, 7) is 6.70. The SMILES string of the molecule is CC(=O)c1ccc(N2CCN(C(C)=O)C(C)C2)c(F)c1. The normalized spacial score (nSPS) is 19.1. The third-order valence-electron chi connectivity index (χ3n) is 3.73. The van der Waals surface area contributed by atoms with Crippen molar-refractivity contribution in [1.82, 2.24) is 4.90 Å². The van der Waals surface area contributed by atoms with E-state index in [4.69, 9.17) is 0 Å². The highest BCUT2D eigenvalue weighted by molar-refractivity contribution is 5.94. The Balaban J connectivity index is 2.18. The van der Waals surface area contributed by atoms with E-state index in [2.05, 4.69) is 0 Å². The molecule has 1 heterocycles. The number of carbonyl (C=O) groups excluding carboxylic acids is 2. The third-order valence-corrected chi connectivity index (χ3v) is 3.73. The second kappa shape index (κ2) is 5.61. The van der Waals surface area contributed by atoms with Gasteiger partial charge in [0, 0.05) is 38.2 Å². The van der Waals surface area contributed by atoms with Crippen LogP contribution in [0, 0.1) is 5.82 Å². The van der Waals surface area contributed by atoms with Crippen molar-refractivity contribution in [3.8, 4) is 0 Å². The molecule has 1 unspecified atom stereocenters. The number of carbonyl (C=O) groups is 2. The van der Waals surface area contributed by atoms with Crippen LogP contribution < -0.4 is 4.90 Å². The number of benzene rings is 1. The molecule has 0 aliphatic carbocycles. The minimum absolute atomic E-state index is 0.0459. The fourth-order valence-electron chi connectivity index (χ4n) is 2.63. The van der Waals surface area contributed by atoms with E-state index < -0.39 is 0 Å². The Morgan fingerprint density at radius 2 is 1.95 bits per heavy atom. The van der Waals surface area contributed by atoms with Gasteiger partial charge in [-0.25, -0.2) is 4.39 Å². The molecular formula is C15H19FN2O2. The van der Waals surface area contributed by atoms with Crippen LogP contribution in [0.25, 0.3) is 0 Å². The highest BCUT2D eigenvalue weighted by Gasteiger charge is 2.26. The Labute approximate surface area is 118 Å². The van der Waals surface area contributed by atoms with Crippen LogP contribution in [0.4, 0.5) is 10.1 Å². The van der Waals surface area contributed by atoms with E-state index in [1.165, 1.54) is 13.0 Å². The second-order valence-corrected chi connectivity index (χ2v) is 5.23. The lowest BCUT2D eigenvalue weighted by atomic mass is 10.1. The molecule has 20 heavy (non-hydrogen) atoms. The molecule has 0 saturated carbocycles. The van der Waals surface area contributed by atoms with Gasteiger partial charge in [-0.05, 0) is 32.0 Å². The first-order chi connectivity index (χ1) is 9.40. The topological polar surface area (TPSA) is 40.6 Å². The fraction of sp³-hybridized carbons (Fsp3) is 0.467. The van der Waals surface area contributed by atoms with Gasteiger partial charge in [-0.15, -0.1) is 0 Å². The maximum atomic E-state index is 14.1. The van der Waals surface area contributed by atoms with E-state index in [0.29, 0.717) is 30.9 Å². The van der Waals surface area contributed by atoms with Gasteiger partial charge in [0.05, 0.1) is 5.69 Å². The largest absolute Gasteiger partial charge is 0.365 e. The Morgan fingerprint density at radius 1 is 1.25 bits per heavy atom. The van der Waals surface area contributed by atoms with Crippen molar-refractivity contribution in [1.29, 1.82) is 0 Å². The van der Waals surface area contributed by atoms with E-state index >= 15 is 0 Å². The van der Waals surface area contributed by atoms with Crippen molar-refractivity contribution in [3.05, 3.63) is 29.6 Å². The van der Waals surface area contributed by atoms with Crippen LogP contribution >= 0.6 is 0 Å². The highest BCUT2D eigenvalue weighted by Crippen LogP contribution is 2.24. The summed E-state index contributed by atoms with van der Waals surface area (Å²) in [5.41, 5.74) is 0.867. The van der Waals surface area contributed by atoms with Crippen molar-refractivity contribution in [2.75, 3.05) is 24.5 Å². The number of piperazine rings is 1. The number of halogens is 1. The van der Waals surface area contributed by atoms with Crippen molar-refractivity contribution in [2.24, 2.45) is 0 Å². The van der Waals surface area contributed by atoms with Crippen molar-refractivity contribution >= 4 is 17.4 Å². The van der Waals surface area contributed by atoms with Gasteiger partial charge >= 0.3 is 0 Å². The number of hydrogen-bond acceptors (Lipinski definition) is 3. The lowest BCUT2D eigenvalue weighted by Crippen LogP contribution is -2.53. The van der Waals surface area contributed by atoms with E-state index in [1.807, 2.05) is 11.8 Å². The summed E-state index contributed by atoms with van der Waals surface area (Å²) in [7, 11) is 0. The van der Waals surface area contributed by atoms with Gasteiger partial charge in [-0.3, -0.25) is 9.59 Å². The number of anilines is 1. The first-order valence-corrected chi connectivity index (χ1v) is 6.72. The third kappa shape index (κ3) is 2.81. The average molecular weight is 278 g/mol. The van der Waals surface area contributed by atoms with Crippen LogP contribution in [0.5, 0.6) is 0 Å². The lowest BCUT2D eigenvalue weighted by molar-refractivity contribution is -0.131. The minimum Gasteiger partial charge on any atom is -0.365 e. The van der Waals surface area contributed by atoms with Gasteiger partial charge in [-0.2, -0.15) is 0 Å². The zero-order valence-electron chi connectivity index (χ0n) is 12.0. The number of nitrogens with zero attached hydrogens (tertiary/aromatic N) is 2. The summed E-state index contributed by atoms with van der Waals surface area (Å²) < 4.78 is 14.1. The van der Waals surface area contributed by atoms with Crippen LogP contribution in [0.3, 0.4) is 0 Å². The fourth-order valence-corrected chi connectivity index (χ4v) is 2.63. The Kier molecular flexibility index (Phi) is 4.06.